The first-order chi connectivity index (χ1) is 11.3. The van der Waals surface area contributed by atoms with Crippen LogP contribution in [0.4, 0.5) is 11.4 Å². The quantitative estimate of drug-likeness (QED) is 0.471. The van der Waals surface area contributed by atoms with Crippen molar-refractivity contribution in [2.24, 2.45) is 9.98 Å². The fourth-order valence-corrected chi connectivity index (χ4v) is 3.21. The van der Waals surface area contributed by atoms with Gasteiger partial charge >= 0.3 is 0 Å². The van der Waals surface area contributed by atoms with E-state index in [1.807, 2.05) is 46.9 Å². The number of aryl methyl sites for hydroxylation is 4. The molecule has 0 heterocycles. The Labute approximate surface area is 153 Å². The molecule has 0 amide bonds. The molecule has 2 aromatic carbocycles. The van der Waals surface area contributed by atoms with E-state index in [1.54, 1.807) is 17.6 Å². The van der Waals surface area contributed by atoms with Gasteiger partial charge in [0.1, 0.15) is 0 Å². The number of hydrogen-bond donors (Lipinski definition) is 0. The molecule has 5 heteroatoms. The summed E-state index contributed by atoms with van der Waals surface area (Å²) in [4.78, 5) is 10.7. The van der Waals surface area contributed by atoms with Crippen LogP contribution in [0.1, 0.15) is 22.3 Å². The first-order valence-electron chi connectivity index (χ1n) is 7.61. The molecule has 2 aromatic rings. The highest BCUT2D eigenvalue weighted by atomic mass is 35.5. The minimum Gasteiger partial charge on any atom is -0.326 e. The maximum absolute atomic E-state index is 6.26. The summed E-state index contributed by atoms with van der Waals surface area (Å²) in [5.74, 6) is 0. The van der Waals surface area contributed by atoms with Crippen LogP contribution in [-0.2, 0) is 0 Å². The molecule has 0 radical (unpaired) electrons. The first-order valence-corrected chi connectivity index (χ1v) is 8.37. The van der Waals surface area contributed by atoms with Gasteiger partial charge in [-0.25, -0.2) is 9.98 Å². The summed E-state index contributed by atoms with van der Waals surface area (Å²) in [6.45, 7) is 8.02. The Hall–Kier alpha value is -1.84. The van der Waals surface area contributed by atoms with Crippen molar-refractivity contribution in [3.8, 4) is 0 Å². The molecular weight excluding hydrogens is 341 g/mol. The molecule has 0 unspecified atom stereocenters. The van der Waals surface area contributed by atoms with E-state index in [2.05, 4.69) is 22.1 Å². The molecule has 0 fully saturated rings. The normalized spacial score (nSPS) is 11.6. The summed E-state index contributed by atoms with van der Waals surface area (Å²) in [7, 11) is 1.86. The summed E-state index contributed by atoms with van der Waals surface area (Å²) >= 11 is 12.5. The fraction of sp³-hybridized carbons (Fsp3) is 0.263. The van der Waals surface area contributed by atoms with Gasteiger partial charge in [-0.15, -0.1) is 0 Å². The highest BCUT2D eigenvalue weighted by Crippen LogP contribution is 2.30. The average Bonchev–Trinajstić information content (AvgIpc) is 2.44. The van der Waals surface area contributed by atoms with Gasteiger partial charge in [-0.2, -0.15) is 0 Å². The van der Waals surface area contributed by atoms with Crippen LogP contribution in [0, 0.1) is 27.7 Å². The lowest BCUT2D eigenvalue weighted by Gasteiger charge is -2.09. The highest BCUT2D eigenvalue weighted by molar-refractivity contribution is 6.33. The third kappa shape index (κ3) is 4.59. The van der Waals surface area contributed by atoms with E-state index in [9.17, 15) is 0 Å². The van der Waals surface area contributed by atoms with Crippen LogP contribution in [0.3, 0.4) is 0 Å². The summed E-state index contributed by atoms with van der Waals surface area (Å²) in [5.41, 5.74) is 5.86. The lowest BCUT2D eigenvalue weighted by Crippen LogP contribution is -2.12. The Morgan fingerprint density at radius 3 is 1.46 bits per heavy atom. The molecule has 0 aliphatic carbocycles. The van der Waals surface area contributed by atoms with Crippen molar-refractivity contribution in [2.75, 3.05) is 7.05 Å². The van der Waals surface area contributed by atoms with E-state index >= 15 is 0 Å². The summed E-state index contributed by atoms with van der Waals surface area (Å²) in [5, 5.41) is 1.29. The minimum atomic E-state index is 0.645. The Morgan fingerprint density at radius 1 is 0.750 bits per heavy atom. The van der Waals surface area contributed by atoms with Gasteiger partial charge in [0, 0.05) is 7.05 Å². The second-order valence-electron chi connectivity index (χ2n) is 5.98. The molecule has 0 aliphatic heterocycles. The van der Waals surface area contributed by atoms with Gasteiger partial charge in [-0.1, -0.05) is 35.3 Å². The van der Waals surface area contributed by atoms with Crippen molar-refractivity contribution < 1.29 is 0 Å². The van der Waals surface area contributed by atoms with Gasteiger partial charge in [0.2, 0.25) is 0 Å². The molecular formula is C19H21Cl2N3. The Bertz CT molecular complexity index is 697. The van der Waals surface area contributed by atoms with Crippen LogP contribution in [0.2, 0.25) is 10.0 Å². The SMILES string of the molecule is Cc1cc(C)c(/N=C/N(C)/C=N/c2c(C)cc(C)cc2Cl)c(Cl)c1. The number of rotatable bonds is 4. The topological polar surface area (TPSA) is 28.0 Å². The molecule has 0 aliphatic rings. The zero-order valence-corrected chi connectivity index (χ0v) is 16.1. The van der Waals surface area contributed by atoms with Gasteiger partial charge in [-0.05, 0) is 62.1 Å². The predicted molar refractivity (Wildman–Crippen MR) is 106 cm³/mol. The standard InChI is InChI=1S/C19H21Cl2N3/c1-12-6-14(3)18(16(20)8-12)22-10-24(5)11-23-19-15(4)7-13(2)9-17(19)21/h6-11H,1-5H3/b22-10+,23-11+. The summed E-state index contributed by atoms with van der Waals surface area (Å²) in [6.07, 6.45) is 3.37. The zero-order valence-electron chi connectivity index (χ0n) is 14.6. The van der Waals surface area contributed by atoms with Gasteiger partial charge in [0.25, 0.3) is 0 Å². The number of halogens is 2. The van der Waals surface area contributed by atoms with Crippen molar-refractivity contribution in [3.05, 3.63) is 56.6 Å². The maximum Gasteiger partial charge on any atom is 0.0961 e. The van der Waals surface area contributed by atoms with E-state index in [-0.39, 0.29) is 0 Å². The number of aliphatic imine (C=N–C) groups is 2. The van der Waals surface area contributed by atoms with Gasteiger partial charge in [0.05, 0.1) is 34.1 Å². The number of nitrogens with zero attached hydrogens (tertiary/aromatic N) is 3. The Morgan fingerprint density at radius 2 is 1.12 bits per heavy atom. The molecule has 126 valence electrons. The van der Waals surface area contributed by atoms with E-state index in [0.717, 1.165) is 33.6 Å². The fourth-order valence-electron chi connectivity index (χ4n) is 2.47. The van der Waals surface area contributed by atoms with Crippen LogP contribution < -0.4 is 0 Å². The van der Waals surface area contributed by atoms with E-state index in [4.69, 9.17) is 23.2 Å². The average molecular weight is 362 g/mol. The molecule has 2 rings (SSSR count). The maximum atomic E-state index is 6.26. The molecule has 0 saturated carbocycles. The summed E-state index contributed by atoms with van der Waals surface area (Å²) in [6, 6.07) is 7.93. The largest absolute Gasteiger partial charge is 0.326 e. The molecule has 3 nitrogen and oxygen atoms in total. The van der Waals surface area contributed by atoms with Crippen molar-refractivity contribution in [2.45, 2.75) is 27.7 Å². The highest BCUT2D eigenvalue weighted by Gasteiger charge is 2.05. The molecule has 0 atom stereocenters. The van der Waals surface area contributed by atoms with Crippen LogP contribution in [0.15, 0.2) is 34.3 Å². The van der Waals surface area contributed by atoms with Crippen LogP contribution in [0.5, 0.6) is 0 Å². The predicted octanol–water partition coefficient (Wildman–Crippen LogP) is 6.18. The number of benzene rings is 2. The van der Waals surface area contributed by atoms with Crippen LogP contribution >= 0.6 is 23.2 Å². The van der Waals surface area contributed by atoms with Crippen molar-refractivity contribution >= 4 is 47.3 Å². The Kier molecular flexibility index (Phi) is 6.03. The van der Waals surface area contributed by atoms with Crippen LogP contribution in [0.25, 0.3) is 0 Å². The van der Waals surface area contributed by atoms with E-state index < -0.39 is 0 Å². The second kappa shape index (κ2) is 7.82. The third-order valence-corrected chi connectivity index (χ3v) is 4.11. The molecule has 24 heavy (non-hydrogen) atoms. The van der Waals surface area contributed by atoms with Crippen molar-refractivity contribution in [1.82, 2.24) is 4.90 Å². The molecule has 0 spiro atoms. The molecule has 0 N–H and O–H groups in total. The lowest BCUT2D eigenvalue weighted by atomic mass is 10.1. The smallest absolute Gasteiger partial charge is 0.0961 e. The second-order valence-corrected chi connectivity index (χ2v) is 6.79. The number of hydrogen-bond acceptors (Lipinski definition) is 2. The van der Waals surface area contributed by atoms with Gasteiger partial charge in [0.15, 0.2) is 0 Å². The van der Waals surface area contributed by atoms with Gasteiger partial charge in [-0.3, -0.25) is 0 Å². The molecule has 0 aromatic heterocycles. The van der Waals surface area contributed by atoms with Crippen molar-refractivity contribution in [1.29, 1.82) is 0 Å². The lowest BCUT2D eigenvalue weighted by molar-refractivity contribution is 0.801. The Balaban J connectivity index is 2.18. The monoisotopic (exact) mass is 361 g/mol. The van der Waals surface area contributed by atoms with Crippen molar-refractivity contribution in [3.63, 3.8) is 0 Å². The van der Waals surface area contributed by atoms with Crippen LogP contribution in [-0.4, -0.2) is 24.6 Å². The van der Waals surface area contributed by atoms with Gasteiger partial charge < -0.3 is 4.90 Å². The molecule has 0 saturated heterocycles. The zero-order chi connectivity index (χ0) is 17.9. The van der Waals surface area contributed by atoms with E-state index in [0.29, 0.717) is 10.0 Å². The van der Waals surface area contributed by atoms with E-state index in [1.165, 1.54) is 0 Å². The summed E-state index contributed by atoms with van der Waals surface area (Å²) < 4.78 is 0. The first kappa shape index (κ1) is 18.5. The molecule has 0 bridgehead atoms. The third-order valence-electron chi connectivity index (χ3n) is 3.53. The minimum absolute atomic E-state index is 0.645.